The maximum absolute atomic E-state index is 12.1. The van der Waals surface area contributed by atoms with Crippen LogP contribution < -0.4 is 0 Å². The van der Waals surface area contributed by atoms with Crippen LogP contribution in [0.1, 0.15) is 78.6 Å². The summed E-state index contributed by atoms with van der Waals surface area (Å²) in [4.78, 5) is 12.1. The molecule has 0 N–H and O–H groups in total. The van der Waals surface area contributed by atoms with E-state index in [0.29, 0.717) is 17.1 Å². The lowest BCUT2D eigenvalue weighted by Gasteiger charge is -2.56. The van der Waals surface area contributed by atoms with Gasteiger partial charge in [0.2, 0.25) is 0 Å². The van der Waals surface area contributed by atoms with Crippen LogP contribution in [0.5, 0.6) is 0 Å². The fourth-order valence-corrected chi connectivity index (χ4v) is 7.76. The molecule has 4 saturated carbocycles. The lowest BCUT2D eigenvalue weighted by atomic mass is 9.49. The molecular formula is C21H34O. The highest BCUT2D eigenvalue weighted by molar-refractivity contribution is 5.79. The van der Waals surface area contributed by atoms with Gasteiger partial charge >= 0.3 is 0 Å². The Hall–Kier alpha value is -0.330. The Balaban J connectivity index is 1.56. The second-order valence-corrected chi connectivity index (χ2v) is 9.64. The van der Waals surface area contributed by atoms with Gasteiger partial charge in [0.25, 0.3) is 0 Å². The number of rotatable bonds is 1. The standard InChI is InChI=1S/C21H34O/c1-13-4-6-16-15(12-13)5-7-18-17(16)10-11-21(3)19(14(2)22)8-9-20(18)21/h13,15-20H,4-12H2,1-3H3/t13?,15-,16+,17?,18?,19?,20?,21-/m1/s1. The van der Waals surface area contributed by atoms with Crippen molar-refractivity contribution in [3.63, 3.8) is 0 Å². The summed E-state index contributed by atoms with van der Waals surface area (Å²) >= 11 is 0. The van der Waals surface area contributed by atoms with Gasteiger partial charge in [-0.05, 0) is 99.2 Å². The van der Waals surface area contributed by atoms with Gasteiger partial charge in [-0.15, -0.1) is 0 Å². The van der Waals surface area contributed by atoms with Gasteiger partial charge in [-0.3, -0.25) is 4.79 Å². The minimum atomic E-state index is 0.349. The first-order valence-corrected chi connectivity index (χ1v) is 10.0. The van der Waals surface area contributed by atoms with Crippen LogP contribution in [0.15, 0.2) is 0 Å². The van der Waals surface area contributed by atoms with Crippen LogP contribution in [0.3, 0.4) is 0 Å². The Bertz CT molecular complexity index is 455. The predicted octanol–water partition coefficient (Wildman–Crippen LogP) is 5.48. The first kappa shape index (κ1) is 15.2. The van der Waals surface area contributed by atoms with Gasteiger partial charge in [0, 0.05) is 5.92 Å². The normalized spacial score (nSPS) is 54.2. The van der Waals surface area contributed by atoms with E-state index in [0.717, 1.165) is 35.5 Å². The maximum atomic E-state index is 12.1. The fraction of sp³-hybridized carbons (Fsp3) is 0.952. The van der Waals surface area contributed by atoms with Crippen molar-refractivity contribution in [1.82, 2.24) is 0 Å². The van der Waals surface area contributed by atoms with E-state index in [-0.39, 0.29) is 0 Å². The van der Waals surface area contributed by atoms with Crippen LogP contribution in [0.4, 0.5) is 0 Å². The molecule has 1 nitrogen and oxygen atoms in total. The highest BCUT2D eigenvalue weighted by Crippen LogP contribution is 2.64. The molecule has 4 aliphatic rings. The molecule has 0 bridgehead atoms. The molecule has 0 amide bonds. The predicted molar refractivity (Wildman–Crippen MR) is 90.4 cm³/mol. The summed E-state index contributed by atoms with van der Waals surface area (Å²) in [5, 5.41) is 0. The molecule has 0 aromatic carbocycles. The molecule has 8 atom stereocenters. The van der Waals surface area contributed by atoms with E-state index in [1.165, 1.54) is 57.8 Å². The van der Waals surface area contributed by atoms with Gasteiger partial charge in [-0.25, -0.2) is 0 Å². The van der Waals surface area contributed by atoms with Crippen LogP contribution in [-0.4, -0.2) is 5.78 Å². The van der Waals surface area contributed by atoms with Crippen molar-refractivity contribution in [3.8, 4) is 0 Å². The van der Waals surface area contributed by atoms with E-state index in [4.69, 9.17) is 0 Å². The van der Waals surface area contributed by atoms with Crippen molar-refractivity contribution in [2.24, 2.45) is 46.8 Å². The molecule has 0 saturated heterocycles. The average Bonchev–Trinajstić information content (AvgIpc) is 2.84. The molecule has 1 heteroatoms. The lowest BCUT2D eigenvalue weighted by Crippen LogP contribution is -2.49. The third-order valence-electron chi connectivity index (χ3n) is 8.71. The Morgan fingerprint density at radius 1 is 0.909 bits per heavy atom. The molecular weight excluding hydrogens is 268 g/mol. The third-order valence-corrected chi connectivity index (χ3v) is 8.71. The van der Waals surface area contributed by atoms with Crippen molar-refractivity contribution in [3.05, 3.63) is 0 Å². The Kier molecular flexibility index (Phi) is 3.70. The van der Waals surface area contributed by atoms with Crippen LogP contribution in [0.2, 0.25) is 0 Å². The quantitative estimate of drug-likeness (QED) is 0.627. The summed E-state index contributed by atoms with van der Waals surface area (Å²) in [6.07, 6.45) is 12.7. The summed E-state index contributed by atoms with van der Waals surface area (Å²) in [5.74, 6) is 6.73. The Labute approximate surface area is 136 Å². The monoisotopic (exact) mass is 302 g/mol. The van der Waals surface area contributed by atoms with Crippen LogP contribution in [0, 0.1) is 46.8 Å². The first-order chi connectivity index (χ1) is 10.5. The van der Waals surface area contributed by atoms with Gasteiger partial charge in [0.05, 0.1) is 0 Å². The van der Waals surface area contributed by atoms with Gasteiger partial charge in [-0.2, -0.15) is 0 Å². The highest BCUT2D eigenvalue weighted by atomic mass is 16.1. The number of hydrogen-bond donors (Lipinski definition) is 0. The number of carbonyl (C=O) groups excluding carboxylic acids is 1. The number of fused-ring (bicyclic) bond motifs is 5. The number of hydrogen-bond acceptors (Lipinski definition) is 1. The van der Waals surface area contributed by atoms with E-state index < -0.39 is 0 Å². The molecule has 0 aromatic heterocycles. The van der Waals surface area contributed by atoms with Gasteiger partial charge in [0.15, 0.2) is 0 Å². The van der Waals surface area contributed by atoms with Crippen LogP contribution in [-0.2, 0) is 4.79 Å². The van der Waals surface area contributed by atoms with Crippen molar-refractivity contribution in [2.45, 2.75) is 78.6 Å². The summed E-state index contributed by atoms with van der Waals surface area (Å²) in [5.41, 5.74) is 0.349. The zero-order chi connectivity index (χ0) is 15.5. The van der Waals surface area contributed by atoms with Crippen LogP contribution >= 0.6 is 0 Å². The average molecular weight is 303 g/mol. The third kappa shape index (κ3) is 2.13. The summed E-state index contributed by atoms with van der Waals surface area (Å²) in [6.45, 7) is 6.79. The Morgan fingerprint density at radius 2 is 1.68 bits per heavy atom. The molecule has 0 radical (unpaired) electrons. The number of ketones is 1. The summed E-state index contributed by atoms with van der Waals surface area (Å²) in [6, 6.07) is 0. The van der Waals surface area contributed by atoms with Crippen LogP contribution in [0.25, 0.3) is 0 Å². The second kappa shape index (κ2) is 5.35. The molecule has 22 heavy (non-hydrogen) atoms. The van der Waals surface area contributed by atoms with E-state index in [1.807, 2.05) is 6.92 Å². The molecule has 0 heterocycles. The molecule has 4 rings (SSSR count). The zero-order valence-electron chi connectivity index (χ0n) is 14.8. The summed E-state index contributed by atoms with van der Waals surface area (Å²) in [7, 11) is 0. The van der Waals surface area contributed by atoms with Gasteiger partial charge < -0.3 is 0 Å². The minimum Gasteiger partial charge on any atom is -0.300 e. The van der Waals surface area contributed by atoms with Crippen molar-refractivity contribution in [2.75, 3.05) is 0 Å². The van der Waals surface area contributed by atoms with Gasteiger partial charge in [-0.1, -0.05) is 20.3 Å². The summed E-state index contributed by atoms with van der Waals surface area (Å²) < 4.78 is 0. The first-order valence-electron chi connectivity index (χ1n) is 10.0. The molecule has 0 aromatic rings. The molecule has 124 valence electrons. The maximum Gasteiger partial charge on any atom is 0.133 e. The SMILES string of the molecule is CC(=O)C1CCC2C3CC[C@@H]4CC(C)CC[C@@H]4C3CC[C@]12C. The van der Waals surface area contributed by atoms with Gasteiger partial charge in [0.1, 0.15) is 5.78 Å². The largest absolute Gasteiger partial charge is 0.300 e. The number of Topliss-reactive ketones (excluding diaryl/α,β-unsaturated/α-hetero) is 1. The van der Waals surface area contributed by atoms with E-state index in [2.05, 4.69) is 13.8 Å². The van der Waals surface area contributed by atoms with E-state index >= 15 is 0 Å². The molecule has 4 aliphatic carbocycles. The lowest BCUT2D eigenvalue weighted by molar-refractivity contribution is -0.128. The topological polar surface area (TPSA) is 17.1 Å². The molecule has 4 fully saturated rings. The molecule has 0 spiro atoms. The molecule has 0 aliphatic heterocycles. The molecule has 5 unspecified atom stereocenters. The smallest absolute Gasteiger partial charge is 0.133 e. The Morgan fingerprint density at radius 3 is 2.45 bits per heavy atom. The van der Waals surface area contributed by atoms with Crippen molar-refractivity contribution < 1.29 is 4.79 Å². The van der Waals surface area contributed by atoms with Crippen molar-refractivity contribution >= 4 is 5.78 Å². The van der Waals surface area contributed by atoms with Crippen molar-refractivity contribution in [1.29, 1.82) is 0 Å². The fourth-order valence-electron chi connectivity index (χ4n) is 7.76. The zero-order valence-corrected chi connectivity index (χ0v) is 14.8. The minimum absolute atomic E-state index is 0.349. The van der Waals surface area contributed by atoms with E-state index in [9.17, 15) is 4.79 Å². The number of carbonyl (C=O) groups is 1. The second-order valence-electron chi connectivity index (χ2n) is 9.64. The highest BCUT2D eigenvalue weighted by Gasteiger charge is 2.57. The van der Waals surface area contributed by atoms with E-state index in [1.54, 1.807) is 0 Å².